The molecule has 0 saturated carbocycles. The third-order valence-corrected chi connectivity index (χ3v) is 4.07. The van der Waals surface area contributed by atoms with E-state index in [0.29, 0.717) is 0 Å². The van der Waals surface area contributed by atoms with Crippen LogP contribution in [0.15, 0.2) is 36.4 Å². The van der Waals surface area contributed by atoms with E-state index in [-0.39, 0.29) is 6.61 Å². The zero-order valence-electron chi connectivity index (χ0n) is 12.5. The summed E-state index contributed by atoms with van der Waals surface area (Å²) in [5.74, 6) is 1.000. The first kappa shape index (κ1) is 14.1. The fraction of sp³-hybridized carbons (Fsp3) is 0.389. The number of pyridine rings is 1. The van der Waals surface area contributed by atoms with Crippen LogP contribution in [0.5, 0.6) is 0 Å². The van der Waals surface area contributed by atoms with Gasteiger partial charge in [0.05, 0.1) is 6.61 Å². The fourth-order valence-electron chi connectivity index (χ4n) is 2.96. The van der Waals surface area contributed by atoms with Crippen LogP contribution < -0.4 is 4.90 Å². The zero-order valence-corrected chi connectivity index (χ0v) is 12.5. The van der Waals surface area contributed by atoms with Gasteiger partial charge in [-0.25, -0.2) is 4.98 Å². The summed E-state index contributed by atoms with van der Waals surface area (Å²) in [6.07, 6.45) is 3.10. The average Bonchev–Trinajstić information content (AvgIpc) is 2.54. The molecular formula is C18H22N2O. The molecule has 3 nitrogen and oxygen atoms in total. The Labute approximate surface area is 126 Å². The second kappa shape index (κ2) is 6.27. The first-order valence-electron chi connectivity index (χ1n) is 7.72. The van der Waals surface area contributed by atoms with E-state index in [9.17, 15) is 5.11 Å². The number of aliphatic hydroxyl groups is 1. The molecule has 21 heavy (non-hydrogen) atoms. The first-order valence-corrected chi connectivity index (χ1v) is 7.72. The molecule has 0 atom stereocenters. The highest BCUT2D eigenvalue weighted by atomic mass is 16.3. The molecule has 0 aliphatic carbocycles. The van der Waals surface area contributed by atoms with Crippen LogP contribution in [-0.2, 0) is 26.0 Å². The van der Waals surface area contributed by atoms with Crippen molar-refractivity contribution in [2.75, 3.05) is 11.4 Å². The van der Waals surface area contributed by atoms with E-state index in [0.717, 1.165) is 49.4 Å². The first-order chi connectivity index (χ1) is 10.3. The Hall–Kier alpha value is -1.87. The minimum Gasteiger partial charge on any atom is -0.392 e. The van der Waals surface area contributed by atoms with Crippen molar-refractivity contribution in [1.29, 1.82) is 0 Å². The van der Waals surface area contributed by atoms with Gasteiger partial charge >= 0.3 is 0 Å². The zero-order chi connectivity index (χ0) is 14.7. The van der Waals surface area contributed by atoms with Crippen molar-refractivity contribution in [2.45, 2.75) is 39.3 Å². The van der Waals surface area contributed by atoms with Gasteiger partial charge in [-0.15, -0.1) is 0 Å². The van der Waals surface area contributed by atoms with Gasteiger partial charge in [-0.05, 0) is 41.7 Å². The van der Waals surface area contributed by atoms with Crippen LogP contribution in [0.25, 0.3) is 0 Å². The lowest BCUT2D eigenvalue weighted by Gasteiger charge is -2.30. The molecule has 3 rings (SSSR count). The van der Waals surface area contributed by atoms with Crippen molar-refractivity contribution < 1.29 is 5.11 Å². The maximum Gasteiger partial charge on any atom is 0.129 e. The number of hydrogen-bond acceptors (Lipinski definition) is 3. The van der Waals surface area contributed by atoms with E-state index in [1.807, 2.05) is 12.1 Å². The summed E-state index contributed by atoms with van der Waals surface area (Å²) in [4.78, 5) is 7.10. The van der Waals surface area contributed by atoms with Gasteiger partial charge in [-0.3, -0.25) is 0 Å². The van der Waals surface area contributed by atoms with Gasteiger partial charge in [0, 0.05) is 18.8 Å². The maximum absolute atomic E-state index is 9.46. The molecule has 1 aliphatic heterocycles. The van der Waals surface area contributed by atoms with Gasteiger partial charge in [0.25, 0.3) is 0 Å². The van der Waals surface area contributed by atoms with Crippen molar-refractivity contribution in [3.8, 4) is 0 Å². The van der Waals surface area contributed by atoms with Crippen molar-refractivity contribution >= 4 is 5.82 Å². The average molecular weight is 282 g/mol. The number of anilines is 1. The van der Waals surface area contributed by atoms with E-state index in [2.05, 4.69) is 36.1 Å². The summed E-state index contributed by atoms with van der Waals surface area (Å²) < 4.78 is 0. The predicted octanol–water partition coefficient (Wildman–Crippen LogP) is 3.09. The second-order valence-corrected chi connectivity index (χ2v) is 5.67. The topological polar surface area (TPSA) is 36.4 Å². The van der Waals surface area contributed by atoms with Gasteiger partial charge < -0.3 is 10.0 Å². The summed E-state index contributed by atoms with van der Waals surface area (Å²) in [6.45, 7) is 4.13. The molecule has 1 aromatic heterocycles. The van der Waals surface area contributed by atoms with Crippen molar-refractivity contribution in [3.63, 3.8) is 0 Å². The maximum atomic E-state index is 9.46. The number of aromatic nitrogens is 1. The van der Waals surface area contributed by atoms with Crippen LogP contribution in [0.2, 0.25) is 0 Å². The molecule has 1 aliphatic rings. The monoisotopic (exact) mass is 282 g/mol. The highest BCUT2D eigenvalue weighted by molar-refractivity contribution is 5.46. The number of aliphatic hydroxyl groups excluding tert-OH is 1. The SMILES string of the molecule is CCCc1cc(CO)cc(N2CCc3ccccc3C2)n1. The smallest absolute Gasteiger partial charge is 0.129 e. The van der Waals surface area contributed by atoms with Crippen molar-refractivity contribution in [1.82, 2.24) is 4.98 Å². The van der Waals surface area contributed by atoms with Gasteiger partial charge in [-0.1, -0.05) is 37.6 Å². The summed E-state index contributed by atoms with van der Waals surface area (Å²) >= 11 is 0. The van der Waals surface area contributed by atoms with Crippen LogP contribution in [0.4, 0.5) is 5.82 Å². The van der Waals surface area contributed by atoms with Crippen molar-refractivity contribution in [2.24, 2.45) is 0 Å². The Balaban J connectivity index is 1.89. The Bertz CT molecular complexity index is 624. The third-order valence-electron chi connectivity index (χ3n) is 4.07. The Morgan fingerprint density at radius 3 is 2.76 bits per heavy atom. The summed E-state index contributed by atoms with van der Waals surface area (Å²) in [5, 5.41) is 9.46. The summed E-state index contributed by atoms with van der Waals surface area (Å²) in [5.41, 5.74) is 4.87. The number of hydrogen-bond donors (Lipinski definition) is 1. The minimum absolute atomic E-state index is 0.0800. The van der Waals surface area contributed by atoms with Crippen LogP contribution in [-0.4, -0.2) is 16.6 Å². The van der Waals surface area contributed by atoms with Crippen LogP contribution in [0.3, 0.4) is 0 Å². The van der Waals surface area contributed by atoms with Crippen LogP contribution in [0, 0.1) is 0 Å². The predicted molar refractivity (Wildman–Crippen MR) is 85.4 cm³/mol. The molecule has 1 N–H and O–H groups in total. The van der Waals surface area contributed by atoms with Crippen molar-refractivity contribution in [3.05, 3.63) is 58.8 Å². The molecule has 2 aromatic rings. The molecule has 0 bridgehead atoms. The van der Waals surface area contributed by atoms with E-state index in [1.165, 1.54) is 11.1 Å². The molecule has 110 valence electrons. The molecule has 3 heteroatoms. The molecule has 0 unspecified atom stereocenters. The van der Waals surface area contributed by atoms with E-state index in [4.69, 9.17) is 4.98 Å². The van der Waals surface area contributed by atoms with Gasteiger partial charge in [-0.2, -0.15) is 0 Å². The Morgan fingerprint density at radius 1 is 1.19 bits per heavy atom. The molecule has 0 saturated heterocycles. The molecule has 0 amide bonds. The number of benzene rings is 1. The minimum atomic E-state index is 0.0800. The number of aryl methyl sites for hydroxylation is 1. The molecule has 0 spiro atoms. The van der Waals surface area contributed by atoms with Crippen LogP contribution >= 0.6 is 0 Å². The number of nitrogens with zero attached hydrogens (tertiary/aromatic N) is 2. The lowest BCUT2D eigenvalue weighted by molar-refractivity contribution is 0.281. The largest absolute Gasteiger partial charge is 0.392 e. The van der Waals surface area contributed by atoms with E-state index < -0.39 is 0 Å². The summed E-state index contributed by atoms with van der Waals surface area (Å²) in [6, 6.07) is 12.7. The highest BCUT2D eigenvalue weighted by Crippen LogP contribution is 2.24. The van der Waals surface area contributed by atoms with Gasteiger partial charge in [0.1, 0.15) is 5.82 Å². The van der Waals surface area contributed by atoms with Gasteiger partial charge in [0.15, 0.2) is 0 Å². The lowest BCUT2D eigenvalue weighted by atomic mass is 10.00. The standard InChI is InChI=1S/C18H22N2O/c1-2-5-17-10-14(13-21)11-18(19-17)20-9-8-15-6-3-4-7-16(15)12-20/h3-4,6-7,10-11,21H,2,5,8-9,12-13H2,1H3. The molecule has 1 aromatic carbocycles. The van der Waals surface area contributed by atoms with E-state index >= 15 is 0 Å². The highest BCUT2D eigenvalue weighted by Gasteiger charge is 2.17. The summed E-state index contributed by atoms with van der Waals surface area (Å²) in [7, 11) is 0. The molecular weight excluding hydrogens is 260 g/mol. The molecule has 2 heterocycles. The molecule has 0 fully saturated rings. The Morgan fingerprint density at radius 2 is 2.00 bits per heavy atom. The quantitative estimate of drug-likeness (QED) is 0.936. The number of fused-ring (bicyclic) bond motifs is 1. The second-order valence-electron chi connectivity index (χ2n) is 5.67. The van der Waals surface area contributed by atoms with E-state index in [1.54, 1.807) is 0 Å². The Kier molecular flexibility index (Phi) is 4.20. The van der Waals surface area contributed by atoms with Crippen LogP contribution in [0.1, 0.15) is 35.7 Å². The lowest BCUT2D eigenvalue weighted by Crippen LogP contribution is -2.31. The fourth-order valence-corrected chi connectivity index (χ4v) is 2.96. The molecule has 0 radical (unpaired) electrons. The van der Waals surface area contributed by atoms with Gasteiger partial charge in [0.2, 0.25) is 0 Å². The normalized spacial score (nSPS) is 14.1. The number of rotatable bonds is 4. The third kappa shape index (κ3) is 3.08.